The highest BCUT2D eigenvalue weighted by Gasteiger charge is 2.12. The first-order chi connectivity index (χ1) is 9.36. The first kappa shape index (κ1) is 14.4. The lowest BCUT2D eigenvalue weighted by Crippen LogP contribution is -2.24. The zero-order valence-electron chi connectivity index (χ0n) is 9.99. The molecule has 0 unspecified atom stereocenters. The predicted molar refractivity (Wildman–Crippen MR) is 71.7 cm³/mol. The van der Waals surface area contributed by atoms with Crippen molar-refractivity contribution >= 4 is 27.3 Å². The largest absolute Gasteiger partial charge is 0.346 e. The van der Waals surface area contributed by atoms with Gasteiger partial charge in [0.15, 0.2) is 0 Å². The average Bonchev–Trinajstić information content (AvgIpc) is 2.85. The van der Waals surface area contributed by atoms with Gasteiger partial charge in [-0.05, 0) is 12.1 Å². The second-order valence-electron chi connectivity index (χ2n) is 3.74. The van der Waals surface area contributed by atoms with Gasteiger partial charge in [-0.15, -0.1) is 11.3 Å². The van der Waals surface area contributed by atoms with Crippen LogP contribution in [0.25, 0.3) is 0 Å². The van der Waals surface area contributed by atoms with E-state index in [1.807, 2.05) is 0 Å². The van der Waals surface area contributed by atoms with Crippen LogP contribution in [0.2, 0.25) is 0 Å². The number of carbonyl (C=O) groups is 1. The van der Waals surface area contributed by atoms with E-state index in [-0.39, 0.29) is 16.4 Å². The molecule has 0 aliphatic heterocycles. The smallest absolute Gasteiger partial charge is 0.271 e. The van der Waals surface area contributed by atoms with Crippen LogP contribution in [-0.4, -0.2) is 24.3 Å². The van der Waals surface area contributed by atoms with E-state index in [4.69, 9.17) is 5.14 Å². The van der Waals surface area contributed by atoms with E-state index in [2.05, 4.69) is 15.3 Å². The molecule has 20 heavy (non-hydrogen) atoms. The Kier molecular flexibility index (Phi) is 3.97. The van der Waals surface area contributed by atoms with Crippen molar-refractivity contribution < 1.29 is 13.2 Å². The number of aromatic nitrogens is 2. The number of nitrogens with zero attached hydrogens (tertiary/aromatic N) is 1. The highest BCUT2D eigenvalue weighted by atomic mass is 32.2. The van der Waals surface area contributed by atoms with E-state index in [1.54, 1.807) is 6.07 Å². The van der Waals surface area contributed by atoms with Gasteiger partial charge in [0.2, 0.25) is 10.0 Å². The molecular weight excluding hydrogens is 304 g/mol. The third kappa shape index (κ3) is 3.50. The molecule has 0 aliphatic carbocycles. The molecule has 0 bridgehead atoms. The molecule has 0 saturated carbocycles. The SMILES string of the molecule is NS(=O)(=O)c1ccc(CNC(=O)c2c[nH]c(=O)cn2)s1. The minimum absolute atomic E-state index is 0.0314. The number of primary sulfonamides is 1. The Labute approximate surface area is 117 Å². The fourth-order valence-electron chi connectivity index (χ4n) is 1.33. The molecule has 0 spiro atoms. The minimum Gasteiger partial charge on any atom is -0.346 e. The van der Waals surface area contributed by atoms with Gasteiger partial charge < -0.3 is 10.3 Å². The lowest BCUT2D eigenvalue weighted by Gasteiger charge is -2.01. The summed E-state index contributed by atoms with van der Waals surface area (Å²) < 4.78 is 22.2. The van der Waals surface area contributed by atoms with Gasteiger partial charge in [-0.25, -0.2) is 18.5 Å². The molecule has 0 radical (unpaired) electrons. The molecule has 10 heteroatoms. The van der Waals surface area contributed by atoms with Crippen LogP contribution in [0.15, 0.2) is 33.5 Å². The number of nitrogens with one attached hydrogen (secondary N) is 2. The highest BCUT2D eigenvalue weighted by Crippen LogP contribution is 2.19. The summed E-state index contributed by atoms with van der Waals surface area (Å²) in [6.45, 7) is 0.139. The third-order valence-electron chi connectivity index (χ3n) is 2.25. The van der Waals surface area contributed by atoms with Crippen molar-refractivity contribution in [2.75, 3.05) is 0 Å². The zero-order chi connectivity index (χ0) is 14.8. The Bertz CT molecular complexity index is 773. The molecule has 8 nitrogen and oxygen atoms in total. The lowest BCUT2D eigenvalue weighted by molar-refractivity contribution is 0.0946. The van der Waals surface area contributed by atoms with Crippen LogP contribution in [0, 0.1) is 0 Å². The molecule has 0 saturated heterocycles. The summed E-state index contributed by atoms with van der Waals surface area (Å²) in [5.74, 6) is -0.480. The van der Waals surface area contributed by atoms with E-state index in [9.17, 15) is 18.0 Å². The van der Waals surface area contributed by atoms with Crippen molar-refractivity contribution in [3.8, 4) is 0 Å². The summed E-state index contributed by atoms with van der Waals surface area (Å²) in [5, 5.41) is 7.53. The van der Waals surface area contributed by atoms with Gasteiger partial charge in [-0.2, -0.15) is 0 Å². The molecule has 0 aliphatic rings. The first-order valence-electron chi connectivity index (χ1n) is 5.31. The Morgan fingerprint density at radius 3 is 2.75 bits per heavy atom. The maximum Gasteiger partial charge on any atom is 0.271 e. The number of carbonyl (C=O) groups excluding carboxylic acids is 1. The second-order valence-corrected chi connectivity index (χ2v) is 6.70. The summed E-state index contributed by atoms with van der Waals surface area (Å²) in [6.07, 6.45) is 2.20. The molecule has 0 aromatic carbocycles. The van der Waals surface area contributed by atoms with Crippen molar-refractivity contribution in [2.45, 2.75) is 10.8 Å². The van der Waals surface area contributed by atoms with E-state index in [0.29, 0.717) is 4.88 Å². The molecule has 2 aromatic rings. The number of H-pyrrole nitrogens is 1. The Morgan fingerprint density at radius 2 is 2.20 bits per heavy atom. The standard InChI is InChI=1S/C10H10N4O4S2/c11-20(17,18)9-2-1-6(19-9)3-14-10(16)7-4-13-8(15)5-12-7/h1-2,4-5H,3H2,(H,13,15)(H,14,16)(H2,11,17,18). The predicted octanol–water partition coefficient (Wildman–Crippen LogP) is -0.591. The number of amides is 1. The molecule has 2 aromatic heterocycles. The summed E-state index contributed by atoms with van der Waals surface area (Å²) in [5.41, 5.74) is -0.342. The van der Waals surface area contributed by atoms with Crippen LogP contribution in [-0.2, 0) is 16.6 Å². The zero-order valence-corrected chi connectivity index (χ0v) is 11.6. The molecule has 1 amide bonds. The monoisotopic (exact) mass is 314 g/mol. The average molecular weight is 314 g/mol. The molecule has 2 rings (SSSR count). The van der Waals surface area contributed by atoms with Gasteiger partial charge in [0.05, 0.1) is 12.7 Å². The van der Waals surface area contributed by atoms with Crippen LogP contribution >= 0.6 is 11.3 Å². The van der Waals surface area contributed by atoms with Crippen molar-refractivity contribution in [1.29, 1.82) is 0 Å². The van der Waals surface area contributed by atoms with Crippen LogP contribution < -0.4 is 16.0 Å². The summed E-state index contributed by atoms with van der Waals surface area (Å²) in [6, 6.07) is 2.94. The van der Waals surface area contributed by atoms with Gasteiger partial charge >= 0.3 is 0 Å². The number of sulfonamides is 1. The van der Waals surface area contributed by atoms with Crippen LogP contribution in [0.1, 0.15) is 15.4 Å². The number of hydrogen-bond acceptors (Lipinski definition) is 6. The fraction of sp³-hybridized carbons (Fsp3) is 0.100. The fourth-order valence-corrected chi connectivity index (χ4v) is 3.05. The highest BCUT2D eigenvalue weighted by molar-refractivity contribution is 7.91. The number of aromatic amines is 1. The number of rotatable bonds is 4. The molecule has 0 fully saturated rings. The molecule has 0 atom stereocenters. The van der Waals surface area contributed by atoms with Crippen molar-refractivity contribution in [1.82, 2.24) is 15.3 Å². The molecular formula is C10H10N4O4S2. The summed E-state index contributed by atoms with van der Waals surface area (Å²) in [4.78, 5) is 29.1. The van der Waals surface area contributed by atoms with Crippen LogP contribution in [0.3, 0.4) is 0 Å². The van der Waals surface area contributed by atoms with Gasteiger partial charge in [-0.1, -0.05) is 0 Å². The van der Waals surface area contributed by atoms with Crippen molar-refractivity contribution in [2.24, 2.45) is 5.14 Å². The van der Waals surface area contributed by atoms with E-state index >= 15 is 0 Å². The number of hydrogen-bond donors (Lipinski definition) is 3. The quantitative estimate of drug-likeness (QED) is 0.693. The van der Waals surface area contributed by atoms with E-state index < -0.39 is 21.5 Å². The topological polar surface area (TPSA) is 135 Å². The number of thiophene rings is 1. The normalized spacial score (nSPS) is 11.2. The van der Waals surface area contributed by atoms with Crippen LogP contribution in [0.5, 0.6) is 0 Å². The van der Waals surface area contributed by atoms with Crippen molar-refractivity contribution in [3.63, 3.8) is 0 Å². The van der Waals surface area contributed by atoms with E-state index in [1.165, 1.54) is 12.3 Å². The maximum absolute atomic E-state index is 11.7. The first-order valence-corrected chi connectivity index (χ1v) is 7.67. The van der Waals surface area contributed by atoms with Gasteiger partial charge in [0.1, 0.15) is 9.90 Å². The Balaban J connectivity index is 2.02. The molecule has 2 heterocycles. The lowest BCUT2D eigenvalue weighted by atomic mass is 10.4. The van der Waals surface area contributed by atoms with Crippen LogP contribution in [0.4, 0.5) is 0 Å². The Hall–Kier alpha value is -2.04. The van der Waals surface area contributed by atoms with Gasteiger partial charge in [0.25, 0.3) is 11.5 Å². The minimum atomic E-state index is -3.72. The summed E-state index contributed by atoms with van der Waals surface area (Å²) >= 11 is 0.974. The van der Waals surface area contributed by atoms with E-state index in [0.717, 1.165) is 17.5 Å². The van der Waals surface area contributed by atoms with Crippen molar-refractivity contribution in [3.05, 3.63) is 45.5 Å². The van der Waals surface area contributed by atoms with Gasteiger partial charge in [0, 0.05) is 11.1 Å². The second kappa shape index (κ2) is 5.53. The Morgan fingerprint density at radius 1 is 1.45 bits per heavy atom. The van der Waals surface area contributed by atoms with Gasteiger partial charge in [-0.3, -0.25) is 9.59 Å². The molecule has 106 valence electrons. The summed E-state index contributed by atoms with van der Waals surface area (Å²) in [7, 11) is -3.72. The number of nitrogens with two attached hydrogens (primary N) is 1. The third-order valence-corrected chi connectivity index (χ3v) is 4.77. The molecule has 4 N–H and O–H groups in total. The maximum atomic E-state index is 11.7.